The maximum absolute atomic E-state index is 12.8. The molecule has 1 unspecified atom stereocenters. The summed E-state index contributed by atoms with van der Waals surface area (Å²) >= 11 is 1.16. The van der Waals surface area contributed by atoms with Gasteiger partial charge in [-0.25, -0.2) is 4.98 Å². The molecule has 1 atom stereocenters. The highest BCUT2D eigenvalue weighted by Crippen LogP contribution is 2.33. The molecule has 2 aromatic heterocycles. The average Bonchev–Trinajstić information content (AvgIpc) is 3.06. The number of alkyl halides is 3. The van der Waals surface area contributed by atoms with Gasteiger partial charge in [-0.3, -0.25) is 4.79 Å². The molecule has 4 aromatic rings. The van der Waals surface area contributed by atoms with Crippen LogP contribution in [0.25, 0.3) is 15.9 Å². The summed E-state index contributed by atoms with van der Waals surface area (Å²) in [5, 5.41) is 5.12. The lowest BCUT2D eigenvalue weighted by atomic mass is 10.2. The molecule has 2 heterocycles. The summed E-state index contributed by atoms with van der Waals surface area (Å²) in [5.74, 6) is 0.0713. The van der Waals surface area contributed by atoms with E-state index < -0.39 is 17.8 Å². The molecule has 0 amide bonds. The molecule has 0 aliphatic rings. The van der Waals surface area contributed by atoms with Crippen LogP contribution in [0.2, 0.25) is 0 Å². The first-order valence-electron chi connectivity index (χ1n) is 7.95. The van der Waals surface area contributed by atoms with Gasteiger partial charge in [-0.15, -0.1) is 0 Å². The van der Waals surface area contributed by atoms with E-state index in [0.29, 0.717) is 20.9 Å². The predicted octanol–water partition coefficient (Wildman–Crippen LogP) is 4.46. The molecule has 2 aromatic carbocycles. The highest BCUT2D eigenvalue weighted by Gasteiger charge is 2.30. The third kappa shape index (κ3) is 3.25. The summed E-state index contributed by atoms with van der Waals surface area (Å²) in [6.45, 7) is 1.66. The van der Waals surface area contributed by atoms with E-state index in [-0.39, 0.29) is 11.3 Å². The average molecular weight is 391 g/mol. The number of hydrogen-bond acceptors (Lipinski definition) is 5. The Morgan fingerprint density at radius 3 is 2.70 bits per heavy atom. The van der Waals surface area contributed by atoms with Gasteiger partial charge in [-0.2, -0.15) is 22.8 Å². The zero-order chi connectivity index (χ0) is 19.2. The van der Waals surface area contributed by atoms with Crippen LogP contribution in [0, 0.1) is 0 Å². The van der Waals surface area contributed by atoms with E-state index in [4.69, 9.17) is 4.74 Å². The third-order valence-corrected chi connectivity index (χ3v) is 5.01. The largest absolute Gasteiger partial charge is 0.483 e. The van der Waals surface area contributed by atoms with Crippen LogP contribution in [-0.2, 0) is 6.18 Å². The zero-order valence-electron chi connectivity index (χ0n) is 13.9. The molecule has 27 heavy (non-hydrogen) atoms. The van der Waals surface area contributed by atoms with Crippen LogP contribution in [0.5, 0.6) is 5.75 Å². The molecular weight excluding hydrogens is 379 g/mol. The Hall–Kier alpha value is -2.94. The molecule has 0 saturated carbocycles. The number of hydrogen-bond donors (Lipinski definition) is 0. The van der Waals surface area contributed by atoms with Gasteiger partial charge in [0.1, 0.15) is 11.9 Å². The summed E-state index contributed by atoms with van der Waals surface area (Å²) in [6.07, 6.45) is -5.10. The molecule has 5 nitrogen and oxygen atoms in total. The Bertz CT molecular complexity index is 1200. The Balaban J connectivity index is 1.69. The number of para-hydroxylation sites is 1. The molecule has 0 bridgehead atoms. The van der Waals surface area contributed by atoms with Crippen LogP contribution >= 0.6 is 11.3 Å². The summed E-state index contributed by atoms with van der Waals surface area (Å²) in [5.41, 5.74) is -0.533. The van der Waals surface area contributed by atoms with Crippen molar-refractivity contribution in [2.45, 2.75) is 19.2 Å². The monoisotopic (exact) mass is 391 g/mol. The number of aromatic nitrogens is 3. The molecule has 138 valence electrons. The van der Waals surface area contributed by atoms with Crippen molar-refractivity contribution in [1.29, 1.82) is 0 Å². The lowest BCUT2D eigenvalue weighted by Crippen LogP contribution is -2.15. The summed E-state index contributed by atoms with van der Waals surface area (Å²) in [6, 6.07) is 11.6. The zero-order valence-corrected chi connectivity index (χ0v) is 14.7. The molecule has 4 rings (SSSR count). The van der Waals surface area contributed by atoms with E-state index in [1.54, 1.807) is 31.2 Å². The minimum atomic E-state index is -4.45. The fourth-order valence-corrected chi connectivity index (χ4v) is 3.51. The summed E-state index contributed by atoms with van der Waals surface area (Å²) in [7, 11) is 0. The molecule has 0 fully saturated rings. The Labute approximate surface area is 154 Å². The van der Waals surface area contributed by atoms with Gasteiger partial charge in [0.15, 0.2) is 5.01 Å². The molecular formula is C18H12F3N3O2S. The molecule has 0 aliphatic heterocycles. The fourth-order valence-electron chi connectivity index (χ4n) is 2.63. The maximum atomic E-state index is 12.8. The minimum absolute atomic E-state index is 0.0713. The van der Waals surface area contributed by atoms with Gasteiger partial charge >= 0.3 is 6.18 Å². The molecule has 0 saturated heterocycles. The van der Waals surface area contributed by atoms with Gasteiger partial charge in [-0.1, -0.05) is 29.5 Å². The smallest absolute Gasteiger partial charge is 0.416 e. The standard InChI is InChI=1S/C18H12F3N3O2S/c1-10(26-12-6-4-5-11(9-12)18(19,20)21)15-23-24-16(25)13-7-2-3-8-14(13)22-17(24)27-15/h2-10H,1H3. The Morgan fingerprint density at radius 2 is 1.93 bits per heavy atom. The van der Waals surface area contributed by atoms with Crippen molar-refractivity contribution in [2.75, 3.05) is 0 Å². The molecule has 9 heteroatoms. The predicted molar refractivity (Wildman–Crippen MR) is 95.1 cm³/mol. The third-order valence-electron chi connectivity index (χ3n) is 3.94. The first kappa shape index (κ1) is 17.5. The van der Waals surface area contributed by atoms with Crippen molar-refractivity contribution >= 4 is 27.2 Å². The van der Waals surface area contributed by atoms with Crippen molar-refractivity contribution < 1.29 is 17.9 Å². The van der Waals surface area contributed by atoms with Gasteiger partial charge in [0.2, 0.25) is 4.96 Å². The van der Waals surface area contributed by atoms with Crippen LogP contribution in [0.1, 0.15) is 23.6 Å². The van der Waals surface area contributed by atoms with E-state index in [1.165, 1.54) is 16.6 Å². The van der Waals surface area contributed by atoms with Gasteiger partial charge in [0, 0.05) is 0 Å². The normalized spacial score (nSPS) is 13.2. The van der Waals surface area contributed by atoms with Crippen molar-refractivity contribution in [2.24, 2.45) is 0 Å². The van der Waals surface area contributed by atoms with Gasteiger partial charge in [0.25, 0.3) is 5.56 Å². The molecule has 0 spiro atoms. The van der Waals surface area contributed by atoms with E-state index in [0.717, 1.165) is 23.5 Å². The SMILES string of the molecule is CC(Oc1cccc(C(F)(F)F)c1)c1nn2c(=O)c3ccccc3nc2s1. The first-order chi connectivity index (χ1) is 12.8. The van der Waals surface area contributed by atoms with Crippen LogP contribution in [0.3, 0.4) is 0 Å². The quantitative estimate of drug-likeness (QED) is 0.517. The maximum Gasteiger partial charge on any atom is 0.416 e. The number of nitrogens with zero attached hydrogens (tertiary/aromatic N) is 3. The highest BCUT2D eigenvalue weighted by atomic mass is 32.1. The van der Waals surface area contributed by atoms with E-state index in [9.17, 15) is 18.0 Å². The lowest BCUT2D eigenvalue weighted by Gasteiger charge is -2.13. The second kappa shape index (κ2) is 6.34. The summed E-state index contributed by atoms with van der Waals surface area (Å²) < 4.78 is 45.3. The Morgan fingerprint density at radius 1 is 1.15 bits per heavy atom. The number of benzene rings is 2. The summed E-state index contributed by atoms with van der Waals surface area (Å²) in [4.78, 5) is 17.3. The molecule has 0 radical (unpaired) electrons. The number of rotatable bonds is 3. The van der Waals surface area contributed by atoms with Gasteiger partial charge in [-0.05, 0) is 37.3 Å². The van der Waals surface area contributed by atoms with Crippen molar-refractivity contribution in [3.63, 3.8) is 0 Å². The number of fused-ring (bicyclic) bond motifs is 2. The van der Waals surface area contributed by atoms with Crippen LogP contribution in [-0.4, -0.2) is 14.6 Å². The van der Waals surface area contributed by atoms with Gasteiger partial charge in [0.05, 0.1) is 16.5 Å². The highest BCUT2D eigenvalue weighted by molar-refractivity contribution is 7.16. The van der Waals surface area contributed by atoms with E-state index in [2.05, 4.69) is 10.1 Å². The van der Waals surface area contributed by atoms with Crippen LogP contribution < -0.4 is 10.3 Å². The second-order valence-electron chi connectivity index (χ2n) is 5.85. The van der Waals surface area contributed by atoms with Crippen molar-refractivity contribution in [3.05, 3.63) is 69.5 Å². The van der Waals surface area contributed by atoms with Crippen molar-refractivity contribution in [1.82, 2.24) is 14.6 Å². The lowest BCUT2D eigenvalue weighted by molar-refractivity contribution is -0.137. The van der Waals surface area contributed by atoms with Crippen molar-refractivity contribution in [3.8, 4) is 5.75 Å². The van der Waals surface area contributed by atoms with Gasteiger partial charge < -0.3 is 4.74 Å². The topological polar surface area (TPSA) is 56.5 Å². The van der Waals surface area contributed by atoms with E-state index >= 15 is 0 Å². The van der Waals surface area contributed by atoms with E-state index in [1.807, 2.05) is 0 Å². The molecule has 0 N–H and O–H groups in total. The molecule has 0 aliphatic carbocycles. The Kier molecular flexibility index (Phi) is 4.11. The fraction of sp³-hybridized carbons (Fsp3) is 0.167. The number of ether oxygens (including phenoxy) is 1. The number of halogens is 3. The van der Waals surface area contributed by atoms with Crippen LogP contribution in [0.4, 0.5) is 13.2 Å². The first-order valence-corrected chi connectivity index (χ1v) is 8.77. The second-order valence-corrected chi connectivity index (χ2v) is 6.84. The van der Waals surface area contributed by atoms with Crippen LogP contribution in [0.15, 0.2) is 53.3 Å². The minimum Gasteiger partial charge on any atom is -0.483 e.